The van der Waals surface area contributed by atoms with E-state index in [0.717, 1.165) is 52.9 Å². The highest BCUT2D eigenvalue weighted by molar-refractivity contribution is 14.1. The van der Waals surface area contributed by atoms with E-state index in [4.69, 9.17) is 52.8 Å². The van der Waals surface area contributed by atoms with Crippen molar-refractivity contribution in [3.05, 3.63) is 183 Å². The van der Waals surface area contributed by atoms with Gasteiger partial charge in [0.05, 0.1) is 0 Å². The first-order chi connectivity index (χ1) is 22.6. The highest BCUT2D eigenvalue weighted by Gasteiger charge is 2.05. The Morgan fingerprint density at radius 1 is 0.468 bits per heavy atom. The van der Waals surface area contributed by atoms with E-state index in [-0.39, 0.29) is 0 Å². The molecule has 6 aromatic carbocycles. The lowest BCUT2D eigenvalue weighted by molar-refractivity contribution is 1.57. The molecular formula is C40H23Br2Cl4I. The quantitative estimate of drug-likeness (QED) is 0.0922. The van der Waals surface area contributed by atoms with E-state index in [9.17, 15) is 0 Å². The zero-order valence-electron chi connectivity index (χ0n) is 24.4. The first-order valence-corrected chi connectivity index (χ1v) is 18.1. The van der Waals surface area contributed by atoms with Crippen molar-refractivity contribution < 1.29 is 0 Å². The molecule has 0 amide bonds. The SMILES string of the molecule is C#Cc1ccc(Cl)cc1-c1ccccc1.Clc1ccc(C#Cc2ccc(Cl)cc2-c2ccccc2)c(Br)c1.Clc1ccc(I)c(Br)c1. The number of hydrogen-bond donors (Lipinski definition) is 0. The fourth-order valence-corrected chi connectivity index (χ4v) is 6.32. The average Bonchev–Trinajstić information content (AvgIpc) is 3.08. The summed E-state index contributed by atoms with van der Waals surface area (Å²) in [5.74, 6) is 9.08. The monoisotopic (exact) mass is 928 g/mol. The third-order valence-electron chi connectivity index (χ3n) is 6.43. The van der Waals surface area contributed by atoms with E-state index >= 15 is 0 Å². The van der Waals surface area contributed by atoms with Crippen LogP contribution in [-0.2, 0) is 0 Å². The van der Waals surface area contributed by atoms with Crippen molar-refractivity contribution in [2.45, 2.75) is 0 Å². The van der Waals surface area contributed by atoms with Crippen LogP contribution in [0.15, 0.2) is 142 Å². The summed E-state index contributed by atoms with van der Waals surface area (Å²) in [6, 6.07) is 42.7. The third-order valence-corrected chi connectivity index (χ3v) is 10.4. The van der Waals surface area contributed by atoms with E-state index in [0.29, 0.717) is 15.1 Å². The molecule has 6 aromatic rings. The minimum atomic E-state index is 0.680. The Labute approximate surface area is 326 Å². The molecular weight excluding hydrogens is 909 g/mol. The van der Waals surface area contributed by atoms with Crippen LogP contribution < -0.4 is 0 Å². The van der Waals surface area contributed by atoms with E-state index in [2.05, 4.69) is 84.3 Å². The molecule has 0 heterocycles. The van der Waals surface area contributed by atoms with Gasteiger partial charge in [0.2, 0.25) is 0 Å². The smallest absolute Gasteiger partial charge is 0.0418 e. The van der Waals surface area contributed by atoms with Crippen LogP contribution in [0.5, 0.6) is 0 Å². The van der Waals surface area contributed by atoms with Gasteiger partial charge in [-0.3, -0.25) is 0 Å². The molecule has 0 aliphatic carbocycles. The summed E-state index contributed by atoms with van der Waals surface area (Å²) in [6.45, 7) is 0. The van der Waals surface area contributed by atoms with Gasteiger partial charge in [0, 0.05) is 49.3 Å². The van der Waals surface area contributed by atoms with Gasteiger partial charge in [-0.25, -0.2) is 0 Å². The van der Waals surface area contributed by atoms with Gasteiger partial charge in [0.25, 0.3) is 0 Å². The van der Waals surface area contributed by atoms with Crippen molar-refractivity contribution in [2.75, 3.05) is 0 Å². The number of benzene rings is 6. The molecule has 0 aliphatic rings. The molecule has 0 N–H and O–H groups in total. The van der Waals surface area contributed by atoms with Crippen molar-refractivity contribution in [1.82, 2.24) is 0 Å². The van der Waals surface area contributed by atoms with E-state index in [1.54, 1.807) is 0 Å². The van der Waals surface area contributed by atoms with Gasteiger partial charge >= 0.3 is 0 Å². The van der Waals surface area contributed by atoms with Crippen molar-refractivity contribution in [2.24, 2.45) is 0 Å². The second kappa shape index (κ2) is 18.7. The van der Waals surface area contributed by atoms with Crippen LogP contribution in [0.25, 0.3) is 22.3 Å². The van der Waals surface area contributed by atoms with E-state index in [1.807, 2.05) is 121 Å². The molecule has 0 saturated carbocycles. The Kier molecular flexibility index (Phi) is 14.8. The van der Waals surface area contributed by atoms with Crippen LogP contribution in [0, 0.1) is 27.8 Å². The zero-order valence-corrected chi connectivity index (χ0v) is 32.8. The maximum absolute atomic E-state index is 6.16. The van der Waals surface area contributed by atoms with Gasteiger partial charge in [0.15, 0.2) is 0 Å². The largest absolute Gasteiger partial charge is 0.115 e. The number of rotatable bonds is 2. The van der Waals surface area contributed by atoms with E-state index < -0.39 is 0 Å². The first kappa shape index (κ1) is 37.1. The molecule has 0 unspecified atom stereocenters. The van der Waals surface area contributed by atoms with Crippen LogP contribution in [0.4, 0.5) is 0 Å². The summed E-state index contributed by atoms with van der Waals surface area (Å²) in [5.41, 5.74) is 6.90. The predicted octanol–water partition coefficient (Wildman–Crippen LogP) is 14.5. The van der Waals surface area contributed by atoms with Gasteiger partial charge in [-0.1, -0.05) is 125 Å². The Balaban J connectivity index is 0.000000178. The Bertz CT molecular complexity index is 2080. The summed E-state index contributed by atoms with van der Waals surface area (Å²) >= 11 is 32.8. The topological polar surface area (TPSA) is 0 Å². The summed E-state index contributed by atoms with van der Waals surface area (Å²) < 4.78 is 3.11. The van der Waals surface area contributed by atoms with Crippen LogP contribution in [0.3, 0.4) is 0 Å². The molecule has 0 nitrogen and oxygen atoms in total. The number of halogens is 7. The maximum Gasteiger partial charge on any atom is 0.0418 e. The Hall–Kier alpha value is -2.71. The van der Waals surface area contributed by atoms with Crippen molar-refractivity contribution in [3.8, 4) is 46.4 Å². The van der Waals surface area contributed by atoms with Crippen molar-refractivity contribution in [3.63, 3.8) is 0 Å². The highest BCUT2D eigenvalue weighted by Crippen LogP contribution is 2.28. The maximum atomic E-state index is 6.16. The standard InChI is InChI=1S/C20H11BrCl2.C14H9Cl.C6H3BrClI/c21-20-13-18(23)11-9-16(20)7-6-15-8-10-17(22)12-19(15)14-4-2-1-3-5-14;1-2-11-8-9-13(15)10-14(11)12-6-4-3-5-7-12;7-5-3-4(8)1-2-6(5)9/h1-5,8-13H;1,3-10H;1-3H. The van der Waals surface area contributed by atoms with Crippen molar-refractivity contribution >= 4 is 101 Å². The molecule has 0 radical (unpaired) electrons. The zero-order chi connectivity index (χ0) is 33.8. The lowest BCUT2D eigenvalue weighted by Gasteiger charge is -2.05. The Morgan fingerprint density at radius 3 is 1.34 bits per heavy atom. The van der Waals surface area contributed by atoms with Crippen molar-refractivity contribution in [1.29, 1.82) is 0 Å². The Morgan fingerprint density at radius 2 is 0.872 bits per heavy atom. The molecule has 0 fully saturated rings. The first-order valence-electron chi connectivity index (χ1n) is 13.9. The summed E-state index contributed by atoms with van der Waals surface area (Å²) in [6.07, 6.45) is 5.44. The highest BCUT2D eigenvalue weighted by atomic mass is 127. The molecule has 47 heavy (non-hydrogen) atoms. The summed E-state index contributed by atoms with van der Waals surface area (Å²) in [4.78, 5) is 0. The van der Waals surface area contributed by atoms with Gasteiger partial charge in [-0.05, 0) is 150 Å². The van der Waals surface area contributed by atoms with Gasteiger partial charge < -0.3 is 0 Å². The number of hydrogen-bond acceptors (Lipinski definition) is 0. The molecule has 0 atom stereocenters. The summed E-state index contributed by atoms with van der Waals surface area (Å²) in [7, 11) is 0. The number of terminal acetylenes is 1. The summed E-state index contributed by atoms with van der Waals surface area (Å²) in [5, 5.41) is 2.84. The lowest BCUT2D eigenvalue weighted by atomic mass is 10.00. The molecule has 7 heteroatoms. The molecule has 232 valence electrons. The fourth-order valence-electron chi connectivity index (χ4n) is 4.18. The van der Waals surface area contributed by atoms with Gasteiger partial charge in [0.1, 0.15) is 0 Å². The molecule has 6 rings (SSSR count). The van der Waals surface area contributed by atoms with Gasteiger partial charge in [-0.2, -0.15) is 0 Å². The average molecular weight is 932 g/mol. The molecule has 0 bridgehead atoms. The second-order valence-corrected chi connectivity index (χ2v) is 14.3. The van der Waals surface area contributed by atoms with Crippen LogP contribution >= 0.6 is 101 Å². The fraction of sp³-hybridized carbons (Fsp3) is 0. The minimum absolute atomic E-state index is 0.680. The van der Waals surface area contributed by atoms with E-state index in [1.165, 1.54) is 3.57 Å². The molecule has 0 spiro atoms. The van der Waals surface area contributed by atoms with Gasteiger partial charge in [-0.15, -0.1) is 6.42 Å². The van der Waals surface area contributed by atoms with Crippen LogP contribution in [-0.4, -0.2) is 0 Å². The lowest BCUT2D eigenvalue weighted by Crippen LogP contribution is -1.85. The third kappa shape index (κ3) is 11.4. The normalized spacial score (nSPS) is 9.83. The second-order valence-electron chi connectivity index (χ2n) is 9.69. The molecule has 0 aromatic heterocycles. The predicted molar refractivity (Wildman–Crippen MR) is 219 cm³/mol. The van der Waals surface area contributed by atoms with Crippen LogP contribution in [0.2, 0.25) is 20.1 Å². The minimum Gasteiger partial charge on any atom is -0.115 e. The molecule has 0 saturated heterocycles. The molecule has 0 aliphatic heterocycles. The van der Waals surface area contributed by atoms with Crippen LogP contribution in [0.1, 0.15) is 16.7 Å².